The van der Waals surface area contributed by atoms with Crippen LogP contribution in [0, 0.1) is 19.7 Å². The molecule has 32 heavy (non-hydrogen) atoms. The van der Waals surface area contributed by atoms with Crippen LogP contribution in [0.15, 0.2) is 41.3 Å². The Balaban J connectivity index is 1.64. The molecule has 0 radical (unpaired) electrons. The number of aryl methyl sites for hydroxylation is 1. The average Bonchev–Trinajstić information content (AvgIpc) is 2.98. The van der Waals surface area contributed by atoms with Gasteiger partial charge in [-0.05, 0) is 80.1 Å². The highest BCUT2D eigenvalue weighted by Gasteiger charge is 2.33. The molecular formula is C23H24ClFN2O4S. The number of rotatable bonds is 5. The highest BCUT2D eigenvalue weighted by atomic mass is 35.5. The predicted molar refractivity (Wildman–Crippen MR) is 121 cm³/mol. The van der Waals surface area contributed by atoms with E-state index in [-0.39, 0.29) is 23.2 Å². The summed E-state index contributed by atoms with van der Waals surface area (Å²) < 4.78 is 43.6. The van der Waals surface area contributed by atoms with E-state index < -0.39 is 16.0 Å². The summed E-state index contributed by atoms with van der Waals surface area (Å²) in [4.78, 5) is 11.6. The molecule has 1 aliphatic heterocycles. The van der Waals surface area contributed by atoms with Crippen LogP contribution >= 0.6 is 11.6 Å². The second-order valence-electron chi connectivity index (χ2n) is 8.23. The number of carboxylic acid groups (broad SMARTS) is 1. The molecule has 2 aromatic carbocycles. The number of aromatic nitrogens is 1. The summed E-state index contributed by atoms with van der Waals surface area (Å²) >= 11 is 5.97. The van der Waals surface area contributed by atoms with Crippen molar-refractivity contribution in [3.8, 4) is 0 Å². The van der Waals surface area contributed by atoms with Crippen LogP contribution in [0.5, 0.6) is 0 Å². The largest absolute Gasteiger partial charge is 0.480 e. The third-order valence-electron chi connectivity index (χ3n) is 6.24. The number of carboxylic acids is 1. The summed E-state index contributed by atoms with van der Waals surface area (Å²) in [5.41, 5.74) is 2.96. The van der Waals surface area contributed by atoms with E-state index in [1.54, 1.807) is 29.7 Å². The zero-order valence-corrected chi connectivity index (χ0v) is 19.4. The van der Waals surface area contributed by atoms with Crippen molar-refractivity contribution in [2.45, 2.75) is 44.0 Å². The molecule has 3 aromatic rings. The van der Waals surface area contributed by atoms with Crippen LogP contribution in [0.25, 0.3) is 10.9 Å². The van der Waals surface area contributed by atoms with Gasteiger partial charge in [0.15, 0.2) is 0 Å². The highest BCUT2D eigenvalue weighted by Crippen LogP contribution is 2.39. The number of piperidine rings is 1. The van der Waals surface area contributed by atoms with Crippen LogP contribution in [-0.2, 0) is 21.4 Å². The van der Waals surface area contributed by atoms with Crippen LogP contribution in [0.2, 0.25) is 5.02 Å². The average molecular weight is 479 g/mol. The highest BCUT2D eigenvalue weighted by molar-refractivity contribution is 7.89. The van der Waals surface area contributed by atoms with E-state index in [4.69, 9.17) is 11.6 Å². The molecule has 170 valence electrons. The molecule has 0 spiro atoms. The van der Waals surface area contributed by atoms with E-state index in [0.29, 0.717) is 47.4 Å². The van der Waals surface area contributed by atoms with Crippen LogP contribution in [0.4, 0.5) is 4.39 Å². The number of halogens is 2. The fourth-order valence-corrected chi connectivity index (χ4v) is 6.66. The minimum Gasteiger partial charge on any atom is -0.480 e. The third-order valence-corrected chi connectivity index (χ3v) is 8.54. The van der Waals surface area contributed by atoms with Crippen LogP contribution in [0.1, 0.15) is 35.6 Å². The van der Waals surface area contributed by atoms with Crippen molar-refractivity contribution in [3.05, 3.63) is 64.1 Å². The first-order chi connectivity index (χ1) is 15.1. The Hall–Kier alpha value is -2.42. The summed E-state index contributed by atoms with van der Waals surface area (Å²) in [6.07, 6.45) is 1.13. The first-order valence-corrected chi connectivity index (χ1v) is 12.2. The van der Waals surface area contributed by atoms with Crippen molar-refractivity contribution in [2.75, 3.05) is 13.1 Å². The van der Waals surface area contributed by atoms with Gasteiger partial charge in [-0.1, -0.05) is 11.6 Å². The number of sulfonamides is 1. The smallest absolute Gasteiger partial charge is 0.323 e. The Morgan fingerprint density at radius 2 is 1.84 bits per heavy atom. The summed E-state index contributed by atoms with van der Waals surface area (Å²) in [5.74, 6) is -1.35. The third kappa shape index (κ3) is 4.02. The molecule has 0 unspecified atom stereocenters. The van der Waals surface area contributed by atoms with Gasteiger partial charge in [-0.3, -0.25) is 4.79 Å². The summed E-state index contributed by atoms with van der Waals surface area (Å²) in [6.45, 7) is 4.01. The van der Waals surface area contributed by atoms with E-state index >= 15 is 0 Å². The topological polar surface area (TPSA) is 79.6 Å². The van der Waals surface area contributed by atoms with E-state index in [9.17, 15) is 22.7 Å². The van der Waals surface area contributed by atoms with Gasteiger partial charge >= 0.3 is 5.97 Å². The zero-order valence-electron chi connectivity index (χ0n) is 17.8. The summed E-state index contributed by atoms with van der Waals surface area (Å²) in [5, 5.41) is 10.5. The maximum absolute atomic E-state index is 14.0. The Morgan fingerprint density at radius 3 is 2.47 bits per heavy atom. The fourth-order valence-electron chi connectivity index (χ4n) is 4.76. The Labute approximate surface area is 191 Å². The van der Waals surface area contributed by atoms with Gasteiger partial charge in [-0.25, -0.2) is 12.8 Å². The molecule has 4 rings (SSSR count). The van der Waals surface area contributed by atoms with E-state index in [1.165, 1.54) is 22.5 Å². The van der Waals surface area contributed by atoms with Gasteiger partial charge in [0.05, 0.1) is 4.90 Å². The Morgan fingerprint density at radius 1 is 1.16 bits per heavy atom. The van der Waals surface area contributed by atoms with Crippen molar-refractivity contribution in [1.82, 2.24) is 8.87 Å². The van der Waals surface area contributed by atoms with Crippen molar-refractivity contribution in [1.29, 1.82) is 0 Å². The second kappa shape index (κ2) is 8.50. The number of nitrogens with zero attached hydrogens (tertiary/aromatic N) is 2. The van der Waals surface area contributed by atoms with Gasteiger partial charge in [-0.2, -0.15) is 4.31 Å². The van der Waals surface area contributed by atoms with Gasteiger partial charge in [0.1, 0.15) is 12.4 Å². The number of hydrogen-bond donors (Lipinski definition) is 1. The van der Waals surface area contributed by atoms with Crippen LogP contribution < -0.4 is 0 Å². The molecule has 1 aliphatic rings. The van der Waals surface area contributed by atoms with E-state index in [1.807, 2.05) is 6.92 Å². The molecule has 6 nitrogen and oxygen atoms in total. The first-order valence-electron chi connectivity index (χ1n) is 10.4. The molecule has 1 fully saturated rings. The van der Waals surface area contributed by atoms with Crippen LogP contribution in [0.3, 0.4) is 0 Å². The Kier molecular flexibility index (Phi) is 6.04. The van der Waals surface area contributed by atoms with Crippen molar-refractivity contribution < 1.29 is 22.7 Å². The second-order valence-corrected chi connectivity index (χ2v) is 10.6. The molecule has 1 aromatic heterocycles. The van der Waals surface area contributed by atoms with Gasteiger partial charge < -0.3 is 9.67 Å². The normalized spacial score (nSPS) is 16.0. The molecule has 0 aliphatic carbocycles. The van der Waals surface area contributed by atoms with Crippen molar-refractivity contribution >= 4 is 38.5 Å². The number of benzene rings is 2. The molecule has 1 N–H and O–H groups in total. The Bertz CT molecular complexity index is 1310. The molecule has 9 heteroatoms. The van der Waals surface area contributed by atoms with Gasteiger partial charge in [0, 0.05) is 34.7 Å². The standard InChI is InChI=1S/C23H24ClFN2O4S/c1-14-11-17(24)3-6-21(14)32(30,31)26-9-7-16(8-10-26)23-15(2)27(13-22(28)29)20-5-4-18(25)12-19(20)23/h3-6,11-12,16H,7-10,13H2,1-2H3,(H,28,29). The van der Waals surface area contributed by atoms with E-state index in [2.05, 4.69) is 0 Å². The minimum atomic E-state index is -3.65. The first kappa shape index (κ1) is 22.8. The number of hydrogen-bond acceptors (Lipinski definition) is 3. The lowest BCUT2D eigenvalue weighted by atomic mass is 9.88. The monoisotopic (exact) mass is 478 g/mol. The number of fused-ring (bicyclic) bond motifs is 1. The van der Waals surface area contributed by atoms with Gasteiger partial charge in [-0.15, -0.1) is 0 Å². The molecule has 2 heterocycles. The minimum absolute atomic E-state index is 0.00658. The molecule has 0 saturated carbocycles. The number of carbonyl (C=O) groups is 1. The zero-order chi connectivity index (χ0) is 23.2. The van der Waals surface area contributed by atoms with Crippen molar-refractivity contribution in [2.24, 2.45) is 0 Å². The quantitative estimate of drug-likeness (QED) is 0.576. The maximum Gasteiger partial charge on any atom is 0.323 e. The van der Waals surface area contributed by atoms with Gasteiger partial charge in [0.2, 0.25) is 10.0 Å². The molecular weight excluding hydrogens is 455 g/mol. The molecule has 0 bridgehead atoms. The van der Waals surface area contributed by atoms with Crippen molar-refractivity contribution in [3.63, 3.8) is 0 Å². The lowest BCUT2D eigenvalue weighted by molar-refractivity contribution is -0.137. The molecule has 0 amide bonds. The summed E-state index contributed by atoms with van der Waals surface area (Å²) in [7, 11) is -3.65. The SMILES string of the molecule is Cc1cc(Cl)ccc1S(=O)(=O)N1CCC(c2c(C)n(CC(=O)O)c3ccc(F)cc23)CC1. The lowest BCUT2D eigenvalue weighted by Crippen LogP contribution is -2.38. The van der Waals surface area contributed by atoms with E-state index in [0.717, 1.165) is 11.3 Å². The predicted octanol–water partition coefficient (Wildman–Crippen LogP) is 4.70. The van der Waals surface area contributed by atoms with Crippen LogP contribution in [-0.4, -0.2) is 41.5 Å². The fraction of sp³-hybridized carbons (Fsp3) is 0.348. The number of aliphatic carboxylic acids is 1. The summed E-state index contributed by atoms with van der Waals surface area (Å²) in [6, 6.07) is 9.11. The van der Waals surface area contributed by atoms with Gasteiger partial charge in [0.25, 0.3) is 0 Å². The molecule has 0 atom stereocenters. The lowest BCUT2D eigenvalue weighted by Gasteiger charge is -2.32. The maximum atomic E-state index is 14.0. The molecule has 1 saturated heterocycles.